The maximum atomic E-state index is 14.6. The number of halogens is 2. The molecule has 0 aliphatic carbocycles. The molecule has 1 aliphatic rings. The first-order chi connectivity index (χ1) is 19.5. The Morgan fingerprint density at radius 1 is 1.02 bits per heavy atom. The van der Waals surface area contributed by atoms with Crippen molar-refractivity contribution in [3.8, 4) is 16.8 Å². The Hall–Kier alpha value is -3.99. The average Bonchev–Trinajstić information content (AvgIpc) is 3.64. The largest absolute Gasteiger partial charge is 0.378 e. The van der Waals surface area contributed by atoms with E-state index in [9.17, 15) is 13.6 Å². The topological polar surface area (TPSA) is 75.0 Å². The van der Waals surface area contributed by atoms with Crippen LogP contribution in [-0.4, -0.2) is 54.8 Å². The molecule has 1 fully saturated rings. The zero-order valence-corrected chi connectivity index (χ0v) is 24.3. The number of ether oxygens (including phenoxy) is 1. The van der Waals surface area contributed by atoms with Crippen molar-refractivity contribution in [2.75, 3.05) is 31.2 Å². The Labute approximate surface area is 236 Å². The number of morpholine rings is 1. The van der Waals surface area contributed by atoms with Crippen LogP contribution >= 0.6 is 0 Å². The molecule has 0 spiro atoms. The molecule has 0 bridgehead atoms. The summed E-state index contributed by atoms with van der Waals surface area (Å²) in [5, 5.41) is 4.30. The second-order valence-corrected chi connectivity index (χ2v) is 11.7. The normalized spacial score (nSPS) is 14.7. The molecular formula is C30H35F2N7O2. The van der Waals surface area contributed by atoms with Gasteiger partial charge in [-0.3, -0.25) is 18.4 Å². The molecule has 2 aromatic carbocycles. The van der Waals surface area contributed by atoms with Gasteiger partial charge in [-0.1, -0.05) is 20.8 Å². The molecule has 9 nitrogen and oxygen atoms in total. The first-order valence-electron chi connectivity index (χ1n) is 13.9. The smallest absolute Gasteiger partial charge is 0.328 e. The first-order valence-corrected chi connectivity index (χ1v) is 13.9. The monoisotopic (exact) mass is 563 g/mol. The lowest BCUT2D eigenvalue weighted by molar-refractivity contribution is 0.123. The Balaban J connectivity index is 1.67. The van der Waals surface area contributed by atoms with Crippen LogP contribution in [0.5, 0.6) is 0 Å². The SMILES string of the molecule is CCn1cc(-c2cc3nc(C(C)(C)C)n(-c4cc(N5CCOCC5)c5c(c4)n(C)c(=O)n5C)c3cc2C(F)F)cn1. The Bertz CT molecular complexity index is 1830. The predicted molar refractivity (Wildman–Crippen MR) is 156 cm³/mol. The number of rotatable bonds is 5. The number of hydrogen-bond acceptors (Lipinski definition) is 5. The lowest BCUT2D eigenvalue weighted by Gasteiger charge is -2.30. The average molecular weight is 564 g/mol. The van der Waals surface area contributed by atoms with Crippen LogP contribution in [0.4, 0.5) is 14.5 Å². The van der Waals surface area contributed by atoms with Gasteiger partial charge in [-0.25, -0.2) is 18.6 Å². The maximum absolute atomic E-state index is 14.6. The van der Waals surface area contributed by atoms with Crippen LogP contribution in [0, 0.1) is 0 Å². The highest BCUT2D eigenvalue weighted by Crippen LogP contribution is 2.39. The Morgan fingerprint density at radius 3 is 2.39 bits per heavy atom. The fraction of sp³-hybridized carbons (Fsp3) is 0.433. The summed E-state index contributed by atoms with van der Waals surface area (Å²) < 4.78 is 41.8. The molecule has 4 heterocycles. The van der Waals surface area contributed by atoms with E-state index in [1.54, 1.807) is 52.4 Å². The first kappa shape index (κ1) is 27.2. The van der Waals surface area contributed by atoms with Crippen LogP contribution < -0.4 is 10.6 Å². The maximum Gasteiger partial charge on any atom is 0.328 e. The second-order valence-electron chi connectivity index (χ2n) is 11.7. The second kappa shape index (κ2) is 9.83. The van der Waals surface area contributed by atoms with Crippen LogP contribution in [0.1, 0.15) is 45.5 Å². The summed E-state index contributed by atoms with van der Waals surface area (Å²) in [4.78, 5) is 20.3. The number of nitrogens with zero attached hydrogens (tertiary/aromatic N) is 7. The van der Waals surface area contributed by atoms with Gasteiger partial charge >= 0.3 is 5.69 Å². The van der Waals surface area contributed by atoms with E-state index in [2.05, 4.69) is 30.8 Å². The van der Waals surface area contributed by atoms with Gasteiger partial charge in [0, 0.05) is 56.5 Å². The van der Waals surface area contributed by atoms with Crippen LogP contribution in [0.3, 0.4) is 0 Å². The van der Waals surface area contributed by atoms with Crippen molar-refractivity contribution in [3.63, 3.8) is 0 Å². The van der Waals surface area contributed by atoms with Crippen molar-refractivity contribution < 1.29 is 13.5 Å². The fourth-order valence-electron chi connectivity index (χ4n) is 5.80. The fourth-order valence-corrected chi connectivity index (χ4v) is 5.80. The van der Waals surface area contributed by atoms with Crippen molar-refractivity contribution in [1.29, 1.82) is 0 Å². The van der Waals surface area contributed by atoms with E-state index in [4.69, 9.17) is 9.72 Å². The van der Waals surface area contributed by atoms with E-state index in [0.717, 1.165) is 28.2 Å². The third-order valence-corrected chi connectivity index (χ3v) is 7.93. The molecule has 0 N–H and O–H groups in total. The highest BCUT2D eigenvalue weighted by molar-refractivity contribution is 5.93. The van der Waals surface area contributed by atoms with E-state index in [1.807, 2.05) is 23.6 Å². The lowest BCUT2D eigenvalue weighted by atomic mass is 9.95. The van der Waals surface area contributed by atoms with Crippen LogP contribution in [0.15, 0.2) is 41.5 Å². The summed E-state index contributed by atoms with van der Waals surface area (Å²) >= 11 is 0. The van der Waals surface area contributed by atoms with Crippen molar-refractivity contribution in [2.45, 2.75) is 46.1 Å². The minimum Gasteiger partial charge on any atom is -0.378 e. The zero-order valence-electron chi connectivity index (χ0n) is 24.3. The van der Waals surface area contributed by atoms with Crippen molar-refractivity contribution in [3.05, 3.63) is 58.5 Å². The van der Waals surface area contributed by atoms with Crippen LogP contribution in [-0.2, 0) is 30.8 Å². The molecule has 0 saturated carbocycles. The van der Waals surface area contributed by atoms with Gasteiger partial charge in [0.25, 0.3) is 6.43 Å². The number of aryl methyl sites for hydroxylation is 3. The summed E-state index contributed by atoms with van der Waals surface area (Å²) in [6.07, 6.45) is 0.714. The molecule has 1 aliphatic heterocycles. The van der Waals surface area contributed by atoms with Gasteiger partial charge in [0.15, 0.2) is 0 Å². The molecule has 216 valence electrons. The molecule has 11 heteroatoms. The van der Waals surface area contributed by atoms with E-state index in [1.165, 1.54) is 0 Å². The molecule has 0 unspecified atom stereocenters. The van der Waals surface area contributed by atoms with Gasteiger partial charge in [-0.15, -0.1) is 0 Å². The van der Waals surface area contributed by atoms with Gasteiger partial charge < -0.3 is 9.64 Å². The molecular weight excluding hydrogens is 528 g/mol. The third kappa shape index (κ3) is 4.43. The highest BCUT2D eigenvalue weighted by atomic mass is 19.3. The molecule has 3 aromatic heterocycles. The Kier molecular flexibility index (Phi) is 6.52. The summed E-state index contributed by atoms with van der Waals surface area (Å²) in [7, 11) is 3.53. The van der Waals surface area contributed by atoms with Gasteiger partial charge in [0.1, 0.15) is 5.82 Å². The van der Waals surface area contributed by atoms with Crippen molar-refractivity contribution in [2.24, 2.45) is 14.1 Å². The van der Waals surface area contributed by atoms with Crippen molar-refractivity contribution >= 4 is 27.8 Å². The van der Waals surface area contributed by atoms with Crippen LogP contribution in [0.25, 0.3) is 38.9 Å². The van der Waals surface area contributed by atoms with E-state index < -0.39 is 11.8 Å². The number of fused-ring (bicyclic) bond motifs is 2. The third-order valence-electron chi connectivity index (χ3n) is 7.93. The molecule has 0 atom stereocenters. The van der Waals surface area contributed by atoms with Gasteiger partial charge in [0.05, 0.1) is 52.9 Å². The van der Waals surface area contributed by atoms with Gasteiger partial charge in [0.2, 0.25) is 0 Å². The molecule has 0 amide bonds. The molecule has 5 aromatic rings. The predicted octanol–water partition coefficient (Wildman–Crippen LogP) is 5.17. The summed E-state index contributed by atoms with van der Waals surface area (Å²) in [5.41, 5.74) is 4.90. The molecule has 1 saturated heterocycles. The lowest BCUT2D eigenvalue weighted by Crippen LogP contribution is -2.36. The zero-order chi connectivity index (χ0) is 29.2. The van der Waals surface area contributed by atoms with Gasteiger partial charge in [-0.05, 0) is 36.8 Å². The highest BCUT2D eigenvalue weighted by Gasteiger charge is 2.28. The quantitative estimate of drug-likeness (QED) is 0.295. The summed E-state index contributed by atoms with van der Waals surface area (Å²) in [6, 6.07) is 7.31. The minimum atomic E-state index is -2.69. The number of anilines is 1. The number of hydrogen-bond donors (Lipinski definition) is 0. The molecule has 41 heavy (non-hydrogen) atoms. The number of benzene rings is 2. The standard InChI is InChI=1S/C30H35F2N7O2/c1-7-38-17-18(16-33-38)20-14-22-23(15-21(20)27(31)32)39(28(34-22)30(2,3)4)19-12-24-26(36(6)29(40)35(24)5)25(13-19)37-8-10-41-11-9-37/h12-17,27H,7-11H2,1-6H3. The Morgan fingerprint density at radius 2 is 1.76 bits per heavy atom. The number of aromatic nitrogens is 6. The summed E-state index contributed by atoms with van der Waals surface area (Å²) in [6.45, 7) is 11.3. The number of imidazole rings is 2. The van der Waals surface area contributed by atoms with E-state index >= 15 is 0 Å². The van der Waals surface area contributed by atoms with Crippen molar-refractivity contribution in [1.82, 2.24) is 28.5 Å². The van der Waals surface area contributed by atoms with Crippen LogP contribution in [0.2, 0.25) is 0 Å². The summed E-state index contributed by atoms with van der Waals surface area (Å²) in [5.74, 6) is 0.738. The minimum absolute atomic E-state index is 0.0728. The molecule has 6 rings (SSSR count). The number of alkyl halides is 2. The molecule has 0 radical (unpaired) electrons. The van der Waals surface area contributed by atoms with E-state index in [-0.39, 0.29) is 11.3 Å². The van der Waals surface area contributed by atoms with E-state index in [0.29, 0.717) is 55.0 Å². The van der Waals surface area contributed by atoms with Gasteiger partial charge in [-0.2, -0.15) is 5.10 Å².